The molecular weight excluding hydrogens is 342 g/mol. The summed E-state index contributed by atoms with van der Waals surface area (Å²) >= 11 is 0. The molecule has 0 aliphatic carbocycles. The van der Waals surface area contributed by atoms with Gasteiger partial charge in [-0.3, -0.25) is 4.79 Å². The molecule has 0 aliphatic heterocycles. The van der Waals surface area contributed by atoms with Crippen LogP contribution >= 0.6 is 0 Å². The van der Waals surface area contributed by atoms with Gasteiger partial charge in [-0.15, -0.1) is 0 Å². The molecule has 136 valence electrons. The average Bonchev–Trinajstić information content (AvgIpc) is 3.26. The van der Waals surface area contributed by atoms with E-state index in [0.29, 0.717) is 35.2 Å². The highest BCUT2D eigenvalue weighted by atomic mass is 16.4. The van der Waals surface area contributed by atoms with Gasteiger partial charge in [0.15, 0.2) is 23.1 Å². The monoisotopic (exact) mass is 361 g/mol. The Balaban J connectivity index is 1.36. The number of nitrogens with zero attached hydrogens (tertiary/aromatic N) is 2. The van der Waals surface area contributed by atoms with Crippen LogP contribution in [0.25, 0.3) is 22.4 Å². The quantitative estimate of drug-likeness (QED) is 0.558. The van der Waals surface area contributed by atoms with Crippen molar-refractivity contribution >= 4 is 22.7 Å². The van der Waals surface area contributed by atoms with Crippen molar-refractivity contribution in [1.29, 1.82) is 0 Å². The number of fused-ring (bicyclic) bond motifs is 1. The van der Waals surface area contributed by atoms with E-state index in [-0.39, 0.29) is 12.3 Å². The summed E-state index contributed by atoms with van der Waals surface area (Å²) < 4.78 is 11.2. The summed E-state index contributed by atoms with van der Waals surface area (Å²) in [5, 5.41) is 2.86. The Labute approximate surface area is 156 Å². The first-order valence-electron chi connectivity index (χ1n) is 8.75. The molecule has 27 heavy (non-hydrogen) atoms. The Hall–Kier alpha value is -3.41. The Kier molecular flexibility index (Phi) is 4.46. The van der Waals surface area contributed by atoms with Crippen LogP contribution in [0.2, 0.25) is 0 Å². The summed E-state index contributed by atoms with van der Waals surface area (Å²) in [6.07, 6.45) is 2.40. The van der Waals surface area contributed by atoms with Gasteiger partial charge in [-0.2, -0.15) is 0 Å². The second-order valence-electron chi connectivity index (χ2n) is 6.45. The van der Waals surface area contributed by atoms with Crippen molar-refractivity contribution < 1.29 is 13.6 Å². The first kappa shape index (κ1) is 17.0. The molecule has 0 fully saturated rings. The third-order valence-corrected chi connectivity index (χ3v) is 4.23. The summed E-state index contributed by atoms with van der Waals surface area (Å²) in [6.45, 7) is 3.83. The highest BCUT2D eigenvalue weighted by molar-refractivity contribution is 5.92. The molecule has 6 nitrogen and oxygen atoms in total. The van der Waals surface area contributed by atoms with E-state index < -0.39 is 0 Å². The Morgan fingerprint density at radius 3 is 2.70 bits per heavy atom. The molecule has 4 aromatic rings. The van der Waals surface area contributed by atoms with E-state index in [1.54, 1.807) is 19.2 Å². The van der Waals surface area contributed by atoms with Gasteiger partial charge in [0, 0.05) is 37.1 Å². The minimum absolute atomic E-state index is 0.110. The highest BCUT2D eigenvalue weighted by Crippen LogP contribution is 2.22. The minimum atomic E-state index is -0.110. The lowest BCUT2D eigenvalue weighted by Crippen LogP contribution is -2.12. The maximum absolute atomic E-state index is 12.2. The van der Waals surface area contributed by atoms with Crippen molar-refractivity contribution in [3.63, 3.8) is 0 Å². The fourth-order valence-electron chi connectivity index (χ4n) is 2.84. The molecule has 6 heteroatoms. The summed E-state index contributed by atoms with van der Waals surface area (Å²) in [5.74, 6) is 1.74. The van der Waals surface area contributed by atoms with Crippen LogP contribution in [0, 0.1) is 13.8 Å². The van der Waals surface area contributed by atoms with Gasteiger partial charge in [0.1, 0.15) is 5.52 Å². The average molecular weight is 361 g/mol. The number of aromatic nitrogens is 2. The third-order valence-electron chi connectivity index (χ3n) is 4.23. The summed E-state index contributed by atoms with van der Waals surface area (Å²) in [4.78, 5) is 20.7. The fraction of sp³-hybridized carbons (Fsp3) is 0.190. The molecule has 0 saturated carbocycles. The summed E-state index contributed by atoms with van der Waals surface area (Å²) in [5.41, 5.74) is 4.26. The predicted molar refractivity (Wildman–Crippen MR) is 102 cm³/mol. The fourth-order valence-corrected chi connectivity index (χ4v) is 2.84. The lowest BCUT2D eigenvalue weighted by molar-refractivity contribution is -0.116. The zero-order valence-corrected chi connectivity index (χ0v) is 15.2. The number of aryl methyl sites for hydroxylation is 3. The van der Waals surface area contributed by atoms with Gasteiger partial charge in [0.25, 0.3) is 0 Å². The Morgan fingerprint density at radius 1 is 1.07 bits per heavy atom. The molecule has 0 bridgehead atoms. The summed E-state index contributed by atoms with van der Waals surface area (Å²) in [7, 11) is 0. The molecule has 4 rings (SSSR count). The van der Waals surface area contributed by atoms with Crippen molar-refractivity contribution in [3.8, 4) is 11.3 Å². The molecular formula is C21H19N3O3. The Bertz CT molecular complexity index is 1090. The van der Waals surface area contributed by atoms with Crippen LogP contribution in [-0.2, 0) is 11.2 Å². The van der Waals surface area contributed by atoms with Crippen LogP contribution < -0.4 is 5.32 Å². The zero-order chi connectivity index (χ0) is 18.8. The molecule has 1 N–H and O–H groups in total. The van der Waals surface area contributed by atoms with Crippen LogP contribution in [0.15, 0.2) is 57.5 Å². The molecule has 0 unspecified atom stereocenters. The van der Waals surface area contributed by atoms with E-state index in [2.05, 4.69) is 15.3 Å². The van der Waals surface area contributed by atoms with Crippen LogP contribution in [0.5, 0.6) is 0 Å². The van der Waals surface area contributed by atoms with Crippen molar-refractivity contribution in [3.05, 3.63) is 66.0 Å². The van der Waals surface area contributed by atoms with E-state index in [4.69, 9.17) is 8.83 Å². The molecule has 0 aliphatic rings. The molecule has 0 saturated heterocycles. The highest BCUT2D eigenvalue weighted by Gasteiger charge is 2.10. The maximum atomic E-state index is 12.2. The number of oxazole rings is 2. The van der Waals surface area contributed by atoms with E-state index >= 15 is 0 Å². The van der Waals surface area contributed by atoms with Gasteiger partial charge in [-0.1, -0.05) is 29.8 Å². The number of carbonyl (C=O) groups excluding carboxylic acids is 1. The van der Waals surface area contributed by atoms with E-state index in [0.717, 1.165) is 11.1 Å². The lowest BCUT2D eigenvalue weighted by Gasteiger charge is -2.03. The number of amides is 1. The number of benzene rings is 2. The van der Waals surface area contributed by atoms with Gasteiger partial charge >= 0.3 is 0 Å². The van der Waals surface area contributed by atoms with E-state index in [1.807, 2.05) is 43.3 Å². The number of nitrogens with one attached hydrogen (secondary N) is 1. The minimum Gasteiger partial charge on any atom is -0.441 e. The standard InChI is InChI=1S/C21H19N3O3/c1-13-3-5-15(6-4-13)19-12-22-21(27-19)10-9-20(25)24-16-7-8-17-18(11-16)26-14(2)23-17/h3-8,11-12H,9-10H2,1-2H3,(H,24,25). The lowest BCUT2D eigenvalue weighted by atomic mass is 10.1. The largest absolute Gasteiger partial charge is 0.441 e. The molecule has 0 radical (unpaired) electrons. The first-order valence-corrected chi connectivity index (χ1v) is 8.75. The number of rotatable bonds is 5. The predicted octanol–water partition coefficient (Wildman–Crippen LogP) is 4.67. The topological polar surface area (TPSA) is 81.2 Å². The van der Waals surface area contributed by atoms with E-state index in [1.165, 1.54) is 5.56 Å². The SMILES string of the molecule is Cc1ccc(-c2cnc(CCC(=O)Nc3ccc4nc(C)oc4c3)o2)cc1. The second kappa shape index (κ2) is 7.07. The van der Waals surface area contributed by atoms with Crippen LogP contribution in [-0.4, -0.2) is 15.9 Å². The summed E-state index contributed by atoms with van der Waals surface area (Å²) in [6, 6.07) is 13.4. The molecule has 1 amide bonds. The number of hydrogen-bond acceptors (Lipinski definition) is 5. The van der Waals surface area contributed by atoms with Crippen LogP contribution in [0.1, 0.15) is 23.8 Å². The number of anilines is 1. The van der Waals surface area contributed by atoms with Crippen LogP contribution in [0.3, 0.4) is 0 Å². The molecule has 0 spiro atoms. The normalized spacial score (nSPS) is 11.0. The van der Waals surface area contributed by atoms with Gasteiger partial charge < -0.3 is 14.2 Å². The second-order valence-corrected chi connectivity index (χ2v) is 6.45. The molecule has 2 aromatic heterocycles. The van der Waals surface area contributed by atoms with Crippen molar-refractivity contribution in [2.45, 2.75) is 26.7 Å². The maximum Gasteiger partial charge on any atom is 0.224 e. The van der Waals surface area contributed by atoms with E-state index in [9.17, 15) is 4.79 Å². The van der Waals surface area contributed by atoms with Gasteiger partial charge in [0.05, 0.1) is 6.20 Å². The Morgan fingerprint density at radius 2 is 1.89 bits per heavy atom. The number of hydrogen-bond donors (Lipinski definition) is 1. The van der Waals surface area contributed by atoms with Gasteiger partial charge in [-0.25, -0.2) is 9.97 Å². The number of carbonyl (C=O) groups is 1. The molecule has 2 heterocycles. The van der Waals surface area contributed by atoms with Crippen molar-refractivity contribution in [1.82, 2.24) is 9.97 Å². The first-order chi connectivity index (χ1) is 13.1. The molecule has 0 atom stereocenters. The van der Waals surface area contributed by atoms with Gasteiger partial charge in [0.2, 0.25) is 5.91 Å². The van der Waals surface area contributed by atoms with Crippen LogP contribution in [0.4, 0.5) is 5.69 Å². The smallest absolute Gasteiger partial charge is 0.224 e. The van der Waals surface area contributed by atoms with Crippen molar-refractivity contribution in [2.75, 3.05) is 5.32 Å². The molecule has 2 aromatic carbocycles. The zero-order valence-electron chi connectivity index (χ0n) is 15.2. The van der Waals surface area contributed by atoms with Gasteiger partial charge in [-0.05, 0) is 19.1 Å². The third kappa shape index (κ3) is 3.89. The van der Waals surface area contributed by atoms with Crippen molar-refractivity contribution in [2.24, 2.45) is 0 Å².